The quantitative estimate of drug-likeness (QED) is 0.587. The summed E-state index contributed by atoms with van der Waals surface area (Å²) in [4.78, 5) is 0. The molecule has 0 spiro atoms. The monoisotopic (exact) mass is 293 g/mol. The molecule has 0 aliphatic carbocycles. The molecule has 0 heterocycles. The molecule has 3 rings (SSSR count). The van der Waals surface area contributed by atoms with Crippen LogP contribution in [0.3, 0.4) is 0 Å². The van der Waals surface area contributed by atoms with Crippen molar-refractivity contribution in [1.29, 1.82) is 0 Å². The summed E-state index contributed by atoms with van der Waals surface area (Å²) < 4.78 is 0. The second-order valence-electron chi connectivity index (χ2n) is 4.44. The van der Waals surface area contributed by atoms with Gasteiger partial charge in [0, 0.05) is 24.1 Å². The van der Waals surface area contributed by atoms with Crippen molar-refractivity contribution in [1.82, 2.24) is 0 Å². The normalized spacial score (nSPS) is 8.59. The molecule has 0 amide bonds. The molecule has 0 aliphatic rings. The fraction of sp³-hybridized carbons (Fsp3) is 0.0526. The summed E-state index contributed by atoms with van der Waals surface area (Å²) in [6.07, 6.45) is 0. The molecule has 0 unspecified atom stereocenters. The summed E-state index contributed by atoms with van der Waals surface area (Å²) in [5.41, 5.74) is 13.5. The van der Waals surface area contributed by atoms with Gasteiger partial charge >= 0.3 is 0 Å². The Morgan fingerprint density at radius 1 is 0.545 bits per heavy atom. The van der Waals surface area contributed by atoms with Gasteiger partial charge in [-0.15, -0.1) is 0 Å². The van der Waals surface area contributed by atoms with E-state index in [1.165, 1.54) is 0 Å². The molecule has 0 aliphatic heterocycles. The highest BCUT2D eigenvalue weighted by atomic mass is 14.8. The van der Waals surface area contributed by atoms with Crippen LogP contribution in [0.1, 0.15) is 0 Å². The summed E-state index contributed by atoms with van der Waals surface area (Å²) in [5.74, 6) is 0. The summed E-state index contributed by atoms with van der Waals surface area (Å²) in [7, 11) is 1.91. The van der Waals surface area contributed by atoms with E-state index >= 15 is 0 Å². The number of hydrogen-bond donors (Lipinski definition) is 3. The third-order valence-electron chi connectivity index (χ3n) is 2.66. The molecule has 0 saturated heterocycles. The average molecular weight is 293 g/mol. The van der Waals surface area contributed by atoms with E-state index in [4.69, 9.17) is 11.5 Å². The lowest BCUT2D eigenvalue weighted by molar-refractivity contribution is 1.51. The van der Waals surface area contributed by atoms with E-state index in [1.54, 1.807) is 0 Å². The van der Waals surface area contributed by atoms with E-state index in [2.05, 4.69) is 5.32 Å². The minimum atomic E-state index is 0.822. The van der Waals surface area contributed by atoms with Crippen LogP contribution in [0, 0.1) is 0 Å². The van der Waals surface area contributed by atoms with Crippen molar-refractivity contribution >= 4 is 17.1 Å². The lowest BCUT2D eigenvalue weighted by Crippen LogP contribution is -1.84. The molecule has 5 N–H and O–H groups in total. The predicted octanol–water partition coefficient (Wildman–Crippen LogP) is 4.27. The maximum atomic E-state index is 5.36. The zero-order valence-electron chi connectivity index (χ0n) is 12.8. The second kappa shape index (κ2) is 10.8. The Kier molecular flexibility index (Phi) is 8.40. The van der Waals surface area contributed by atoms with Crippen molar-refractivity contribution in [3.8, 4) is 0 Å². The lowest BCUT2D eigenvalue weighted by atomic mass is 10.3. The van der Waals surface area contributed by atoms with Crippen molar-refractivity contribution in [2.45, 2.75) is 0 Å². The van der Waals surface area contributed by atoms with Crippen molar-refractivity contribution in [3.63, 3.8) is 0 Å². The molecule has 3 heteroatoms. The van der Waals surface area contributed by atoms with E-state index in [-0.39, 0.29) is 0 Å². The smallest absolute Gasteiger partial charge is 0.0337 e. The van der Waals surface area contributed by atoms with Gasteiger partial charge in [-0.1, -0.05) is 54.6 Å². The van der Waals surface area contributed by atoms with Crippen LogP contribution in [-0.4, -0.2) is 7.05 Å². The fourth-order valence-corrected chi connectivity index (χ4v) is 1.51. The summed E-state index contributed by atoms with van der Waals surface area (Å²) in [6.45, 7) is 0. The number of anilines is 3. The maximum Gasteiger partial charge on any atom is 0.0337 e. The molecule has 3 nitrogen and oxygen atoms in total. The van der Waals surface area contributed by atoms with Gasteiger partial charge in [0.2, 0.25) is 0 Å². The maximum absolute atomic E-state index is 5.36. The third-order valence-corrected chi connectivity index (χ3v) is 2.66. The highest BCUT2D eigenvalue weighted by molar-refractivity contribution is 5.41. The average Bonchev–Trinajstić information content (AvgIpc) is 2.58. The molecule has 0 atom stereocenters. The van der Waals surface area contributed by atoms with Crippen LogP contribution in [0.2, 0.25) is 0 Å². The van der Waals surface area contributed by atoms with Crippen LogP contribution in [0.5, 0.6) is 0 Å². The van der Waals surface area contributed by atoms with Gasteiger partial charge in [-0.3, -0.25) is 0 Å². The molecular formula is C19H23N3. The van der Waals surface area contributed by atoms with Gasteiger partial charge < -0.3 is 16.8 Å². The first kappa shape index (κ1) is 17.1. The predicted molar refractivity (Wildman–Crippen MR) is 97.7 cm³/mol. The van der Waals surface area contributed by atoms with Gasteiger partial charge in [0.25, 0.3) is 0 Å². The Morgan fingerprint density at radius 3 is 1.05 bits per heavy atom. The number of hydrogen-bond acceptors (Lipinski definition) is 3. The number of para-hydroxylation sites is 3. The largest absolute Gasteiger partial charge is 0.399 e. The zero-order valence-corrected chi connectivity index (χ0v) is 12.8. The van der Waals surface area contributed by atoms with Gasteiger partial charge in [-0.2, -0.15) is 0 Å². The van der Waals surface area contributed by atoms with Gasteiger partial charge in [-0.25, -0.2) is 0 Å². The summed E-state index contributed by atoms with van der Waals surface area (Å²) >= 11 is 0. The van der Waals surface area contributed by atoms with Crippen molar-refractivity contribution < 1.29 is 0 Å². The highest BCUT2D eigenvalue weighted by Gasteiger charge is 1.78. The summed E-state index contributed by atoms with van der Waals surface area (Å²) in [6, 6.07) is 29.0. The minimum absolute atomic E-state index is 0.822. The molecule has 3 aromatic rings. The molecular weight excluding hydrogens is 270 g/mol. The molecule has 0 saturated carbocycles. The molecule has 0 bridgehead atoms. The standard InChI is InChI=1S/C7H9N.2C6H7N/c1-8-7-5-3-2-4-6-7;2*7-6-4-2-1-3-5-6/h2-6,8H,1H3;2*1-5H,7H2. The number of nitrogens with two attached hydrogens (primary N) is 2. The molecule has 0 radical (unpaired) electrons. The van der Waals surface area contributed by atoms with E-state index in [0.29, 0.717) is 0 Å². The first-order valence-corrected chi connectivity index (χ1v) is 7.06. The van der Waals surface area contributed by atoms with Gasteiger partial charge in [0.15, 0.2) is 0 Å². The molecule has 0 fully saturated rings. The van der Waals surface area contributed by atoms with Crippen LogP contribution in [-0.2, 0) is 0 Å². The molecule has 22 heavy (non-hydrogen) atoms. The molecule has 114 valence electrons. The number of benzene rings is 3. The number of nitrogen functional groups attached to an aromatic ring is 2. The Labute approximate surface area is 132 Å². The Hall–Kier alpha value is -2.94. The molecule has 0 aromatic heterocycles. The van der Waals surface area contributed by atoms with Crippen LogP contribution < -0.4 is 16.8 Å². The summed E-state index contributed by atoms with van der Waals surface area (Å²) in [5, 5.41) is 3.03. The van der Waals surface area contributed by atoms with E-state index in [9.17, 15) is 0 Å². The Morgan fingerprint density at radius 2 is 0.864 bits per heavy atom. The highest BCUT2D eigenvalue weighted by Crippen LogP contribution is 2.01. The van der Waals surface area contributed by atoms with Gasteiger partial charge in [-0.05, 0) is 36.4 Å². The number of rotatable bonds is 1. The van der Waals surface area contributed by atoms with E-state index in [0.717, 1.165) is 17.1 Å². The van der Waals surface area contributed by atoms with Gasteiger partial charge in [0.1, 0.15) is 0 Å². The second-order valence-corrected chi connectivity index (χ2v) is 4.44. The van der Waals surface area contributed by atoms with Crippen LogP contribution >= 0.6 is 0 Å². The third kappa shape index (κ3) is 8.27. The van der Waals surface area contributed by atoms with Crippen LogP contribution in [0.25, 0.3) is 0 Å². The topological polar surface area (TPSA) is 64.1 Å². The van der Waals surface area contributed by atoms with Crippen molar-refractivity contribution in [3.05, 3.63) is 91.0 Å². The van der Waals surface area contributed by atoms with Crippen molar-refractivity contribution in [2.24, 2.45) is 0 Å². The van der Waals surface area contributed by atoms with Crippen LogP contribution in [0.15, 0.2) is 91.0 Å². The van der Waals surface area contributed by atoms with Gasteiger partial charge in [0.05, 0.1) is 0 Å². The fourth-order valence-electron chi connectivity index (χ4n) is 1.51. The van der Waals surface area contributed by atoms with Crippen molar-refractivity contribution in [2.75, 3.05) is 23.8 Å². The zero-order chi connectivity index (χ0) is 16.0. The first-order chi connectivity index (χ1) is 10.7. The first-order valence-electron chi connectivity index (χ1n) is 7.06. The lowest BCUT2D eigenvalue weighted by Gasteiger charge is -1.94. The molecule has 3 aromatic carbocycles. The minimum Gasteiger partial charge on any atom is -0.399 e. The Balaban J connectivity index is 0.000000166. The number of nitrogens with one attached hydrogen (secondary N) is 1. The Bertz CT molecular complexity index is 558. The SMILES string of the molecule is CNc1ccccc1.Nc1ccccc1.Nc1ccccc1. The van der Waals surface area contributed by atoms with E-state index < -0.39 is 0 Å². The van der Waals surface area contributed by atoms with Crippen LogP contribution in [0.4, 0.5) is 17.1 Å². The van der Waals surface area contributed by atoms with E-state index in [1.807, 2.05) is 98.0 Å².